The number of hydrogen-bond acceptors (Lipinski definition) is 8. The molecule has 2 aromatic heterocycles. The lowest BCUT2D eigenvalue weighted by molar-refractivity contribution is -0.114. The summed E-state index contributed by atoms with van der Waals surface area (Å²) in [6, 6.07) is 18.1. The van der Waals surface area contributed by atoms with Gasteiger partial charge in [0.1, 0.15) is 10.4 Å². The first-order chi connectivity index (χ1) is 18.0. The van der Waals surface area contributed by atoms with E-state index in [1.54, 1.807) is 6.07 Å². The van der Waals surface area contributed by atoms with Crippen LogP contribution in [0.1, 0.15) is 32.4 Å². The minimum atomic E-state index is -0.134. The van der Waals surface area contributed by atoms with Gasteiger partial charge in [-0.25, -0.2) is 4.98 Å². The molecule has 1 aliphatic rings. The van der Waals surface area contributed by atoms with Gasteiger partial charge >= 0.3 is 0 Å². The van der Waals surface area contributed by atoms with Gasteiger partial charge in [0.05, 0.1) is 5.52 Å². The second kappa shape index (κ2) is 11.2. The molecule has 5 rings (SSSR count). The van der Waals surface area contributed by atoms with Crippen molar-refractivity contribution in [2.24, 2.45) is 0 Å². The van der Waals surface area contributed by atoms with Gasteiger partial charge in [0.2, 0.25) is 17.7 Å². The molecule has 1 unspecified atom stereocenters. The Balaban J connectivity index is 1.31. The van der Waals surface area contributed by atoms with Gasteiger partial charge < -0.3 is 20.3 Å². The number of rotatable bonds is 8. The normalized spacial score (nSPS) is 15.4. The van der Waals surface area contributed by atoms with Gasteiger partial charge in [-0.1, -0.05) is 25.1 Å². The molecule has 0 aliphatic carbocycles. The molecule has 4 aromatic rings. The maximum absolute atomic E-state index is 11.4. The standard InChI is InChI=1S/C28H32N6O2S/c1-4-33-13-15-34(16-14-33)19(2)21-8-10-22(11-9-21)30-28-31-25-12-17-37-26(25)27(32-28)36-24-7-5-6-23(18-24)29-20(3)35/h5-12,17-19H,4,13-16H2,1-3H3,(H,29,35)(H,30,31,32). The van der Waals surface area contributed by atoms with E-state index in [0.717, 1.165) is 48.6 Å². The van der Waals surface area contributed by atoms with Crippen LogP contribution in [0.25, 0.3) is 10.2 Å². The Morgan fingerprint density at radius 2 is 1.84 bits per heavy atom. The van der Waals surface area contributed by atoms with Crippen molar-refractivity contribution >= 4 is 44.8 Å². The van der Waals surface area contributed by atoms with Crippen LogP contribution in [0, 0.1) is 0 Å². The average Bonchev–Trinajstić information content (AvgIpc) is 3.38. The van der Waals surface area contributed by atoms with Crippen LogP contribution in [0.15, 0.2) is 60.0 Å². The lowest BCUT2D eigenvalue weighted by Gasteiger charge is -2.37. The third-order valence-electron chi connectivity index (χ3n) is 6.69. The molecule has 1 aliphatic heterocycles. The van der Waals surface area contributed by atoms with Crippen LogP contribution in [0.5, 0.6) is 11.6 Å². The highest BCUT2D eigenvalue weighted by molar-refractivity contribution is 7.17. The number of anilines is 3. The van der Waals surface area contributed by atoms with Crippen molar-refractivity contribution in [1.82, 2.24) is 19.8 Å². The van der Waals surface area contributed by atoms with Crippen molar-refractivity contribution in [3.63, 3.8) is 0 Å². The first kappa shape index (κ1) is 25.1. The molecule has 0 spiro atoms. The molecular weight excluding hydrogens is 484 g/mol. The summed E-state index contributed by atoms with van der Waals surface area (Å²) in [5.41, 5.74) is 3.70. The first-order valence-electron chi connectivity index (χ1n) is 12.6. The Bertz CT molecular complexity index is 1360. The number of likely N-dealkylation sites (N-methyl/N-ethyl adjacent to an activating group) is 1. The van der Waals surface area contributed by atoms with Crippen molar-refractivity contribution in [3.8, 4) is 11.6 Å². The SMILES string of the molecule is CCN1CCN(C(C)c2ccc(Nc3nc(Oc4cccc(NC(C)=O)c4)c4sccc4n3)cc2)CC1. The summed E-state index contributed by atoms with van der Waals surface area (Å²) < 4.78 is 7.01. The number of carbonyl (C=O) groups excluding carboxylic acids is 1. The third-order valence-corrected chi connectivity index (χ3v) is 7.58. The Kier molecular flexibility index (Phi) is 7.64. The number of thiophene rings is 1. The Labute approximate surface area is 221 Å². The number of carbonyl (C=O) groups is 1. The van der Waals surface area contributed by atoms with Crippen molar-refractivity contribution in [2.75, 3.05) is 43.4 Å². The second-order valence-electron chi connectivity index (χ2n) is 9.19. The van der Waals surface area contributed by atoms with Gasteiger partial charge in [-0.2, -0.15) is 4.98 Å². The number of nitrogens with one attached hydrogen (secondary N) is 2. The fourth-order valence-electron chi connectivity index (χ4n) is 4.57. The predicted molar refractivity (Wildman–Crippen MR) is 150 cm³/mol. The number of benzene rings is 2. The van der Waals surface area contributed by atoms with Crippen molar-refractivity contribution in [2.45, 2.75) is 26.8 Å². The number of aromatic nitrogens is 2. The minimum Gasteiger partial charge on any atom is -0.437 e. The second-order valence-corrected chi connectivity index (χ2v) is 10.1. The van der Waals surface area contributed by atoms with E-state index in [2.05, 4.69) is 68.5 Å². The molecular formula is C28H32N6O2S. The van der Waals surface area contributed by atoms with Crippen LogP contribution in [0.3, 0.4) is 0 Å². The molecule has 0 radical (unpaired) electrons. The van der Waals surface area contributed by atoms with Gasteiger partial charge in [-0.15, -0.1) is 11.3 Å². The summed E-state index contributed by atoms with van der Waals surface area (Å²) in [5, 5.41) is 8.08. The number of amides is 1. The summed E-state index contributed by atoms with van der Waals surface area (Å²) in [6.07, 6.45) is 0. The van der Waals surface area contributed by atoms with E-state index in [9.17, 15) is 4.79 Å². The van der Waals surface area contributed by atoms with Crippen LogP contribution in [0.4, 0.5) is 17.3 Å². The summed E-state index contributed by atoms with van der Waals surface area (Å²) in [6.45, 7) is 11.6. The molecule has 1 saturated heterocycles. The van der Waals surface area contributed by atoms with Crippen molar-refractivity contribution in [1.29, 1.82) is 0 Å². The van der Waals surface area contributed by atoms with Gasteiger partial charge in [0.15, 0.2) is 0 Å². The van der Waals surface area contributed by atoms with E-state index >= 15 is 0 Å². The molecule has 2 aromatic carbocycles. The Hall–Kier alpha value is -3.53. The highest BCUT2D eigenvalue weighted by Gasteiger charge is 2.21. The maximum atomic E-state index is 11.4. The monoisotopic (exact) mass is 516 g/mol. The maximum Gasteiger partial charge on any atom is 0.242 e. The molecule has 0 saturated carbocycles. The molecule has 1 amide bonds. The lowest BCUT2D eigenvalue weighted by atomic mass is 10.1. The molecule has 0 bridgehead atoms. The molecule has 37 heavy (non-hydrogen) atoms. The lowest BCUT2D eigenvalue weighted by Crippen LogP contribution is -2.46. The summed E-state index contributed by atoms with van der Waals surface area (Å²) in [4.78, 5) is 25.8. The summed E-state index contributed by atoms with van der Waals surface area (Å²) in [7, 11) is 0. The first-order valence-corrected chi connectivity index (χ1v) is 13.5. The number of nitrogens with zero attached hydrogens (tertiary/aromatic N) is 4. The smallest absolute Gasteiger partial charge is 0.242 e. The molecule has 192 valence electrons. The number of fused-ring (bicyclic) bond motifs is 1. The van der Waals surface area contributed by atoms with E-state index < -0.39 is 0 Å². The largest absolute Gasteiger partial charge is 0.437 e. The average molecular weight is 517 g/mol. The minimum absolute atomic E-state index is 0.134. The topological polar surface area (TPSA) is 82.6 Å². The van der Waals surface area contributed by atoms with Crippen LogP contribution in [-0.4, -0.2) is 58.4 Å². The van der Waals surface area contributed by atoms with E-state index in [1.807, 2.05) is 29.6 Å². The van der Waals surface area contributed by atoms with Crippen molar-refractivity contribution in [3.05, 3.63) is 65.5 Å². The van der Waals surface area contributed by atoms with E-state index in [0.29, 0.717) is 29.3 Å². The fourth-order valence-corrected chi connectivity index (χ4v) is 5.32. The quantitative estimate of drug-likeness (QED) is 0.302. The van der Waals surface area contributed by atoms with E-state index in [4.69, 9.17) is 4.74 Å². The van der Waals surface area contributed by atoms with Crippen molar-refractivity contribution < 1.29 is 9.53 Å². The van der Waals surface area contributed by atoms with Crippen LogP contribution < -0.4 is 15.4 Å². The zero-order valence-corrected chi connectivity index (χ0v) is 22.2. The van der Waals surface area contributed by atoms with Crippen LogP contribution in [-0.2, 0) is 4.79 Å². The zero-order chi connectivity index (χ0) is 25.8. The Morgan fingerprint density at radius 1 is 1.05 bits per heavy atom. The van der Waals surface area contributed by atoms with Gasteiger partial charge in [-0.05, 0) is 54.7 Å². The molecule has 3 heterocycles. The van der Waals surface area contributed by atoms with Crippen LogP contribution >= 0.6 is 11.3 Å². The van der Waals surface area contributed by atoms with Gasteiger partial charge in [0.25, 0.3) is 0 Å². The van der Waals surface area contributed by atoms with E-state index in [-0.39, 0.29) is 5.91 Å². The number of ether oxygens (including phenoxy) is 1. The summed E-state index contributed by atoms with van der Waals surface area (Å²) in [5.74, 6) is 1.39. The number of hydrogen-bond donors (Lipinski definition) is 2. The highest BCUT2D eigenvalue weighted by Crippen LogP contribution is 2.34. The molecule has 1 fully saturated rings. The highest BCUT2D eigenvalue weighted by atomic mass is 32.1. The molecule has 2 N–H and O–H groups in total. The molecule has 1 atom stereocenters. The summed E-state index contributed by atoms with van der Waals surface area (Å²) >= 11 is 1.53. The van der Waals surface area contributed by atoms with E-state index in [1.165, 1.54) is 23.8 Å². The molecule has 8 nitrogen and oxygen atoms in total. The predicted octanol–water partition coefficient (Wildman–Crippen LogP) is 5.88. The zero-order valence-electron chi connectivity index (χ0n) is 21.4. The van der Waals surface area contributed by atoms with Gasteiger partial charge in [0, 0.05) is 56.6 Å². The number of piperazine rings is 1. The third kappa shape index (κ3) is 6.07. The van der Waals surface area contributed by atoms with Crippen LogP contribution in [0.2, 0.25) is 0 Å². The Morgan fingerprint density at radius 3 is 2.57 bits per heavy atom. The molecule has 9 heteroatoms. The van der Waals surface area contributed by atoms with Gasteiger partial charge in [-0.3, -0.25) is 9.69 Å². The fraction of sp³-hybridized carbons (Fsp3) is 0.321.